The minimum absolute atomic E-state index is 0.147. The van der Waals surface area contributed by atoms with E-state index in [1.165, 1.54) is 12.1 Å². The molecule has 1 aromatic heterocycles. The first-order valence-corrected chi connectivity index (χ1v) is 10.3. The maximum atomic E-state index is 11.9. The summed E-state index contributed by atoms with van der Waals surface area (Å²) in [4.78, 5) is 16.5. The van der Waals surface area contributed by atoms with Crippen molar-refractivity contribution in [3.63, 3.8) is 0 Å². The Kier molecular flexibility index (Phi) is 4.35. The van der Waals surface area contributed by atoms with Crippen molar-refractivity contribution in [2.75, 3.05) is 18.0 Å². The zero-order valence-corrected chi connectivity index (χ0v) is 15.3. The van der Waals surface area contributed by atoms with Crippen LogP contribution in [-0.4, -0.2) is 36.6 Å². The summed E-state index contributed by atoms with van der Waals surface area (Å²) in [6.45, 7) is 1.14. The van der Waals surface area contributed by atoms with Crippen LogP contribution in [-0.2, 0) is 10.0 Å². The molecule has 27 heavy (non-hydrogen) atoms. The molecule has 1 aliphatic heterocycles. The van der Waals surface area contributed by atoms with Gasteiger partial charge in [0.25, 0.3) is 5.69 Å². The van der Waals surface area contributed by atoms with Crippen LogP contribution in [0.15, 0.2) is 27.6 Å². The smallest absolute Gasteiger partial charge is 0.270 e. The number of nitrogens with two attached hydrogens (primary N) is 1. The summed E-state index contributed by atoms with van der Waals surface area (Å²) in [7, 11) is -4.09. The maximum Gasteiger partial charge on any atom is 0.270 e. The lowest BCUT2D eigenvalue weighted by Gasteiger charge is -2.33. The van der Waals surface area contributed by atoms with Gasteiger partial charge in [-0.3, -0.25) is 10.1 Å². The maximum absolute atomic E-state index is 11.9. The van der Waals surface area contributed by atoms with E-state index in [1.807, 2.05) is 4.90 Å². The summed E-state index contributed by atoms with van der Waals surface area (Å²) in [5.41, 5.74) is 0.0744. The van der Waals surface area contributed by atoms with Gasteiger partial charge in [0.15, 0.2) is 5.82 Å². The van der Waals surface area contributed by atoms with E-state index in [9.17, 15) is 18.5 Å². The lowest BCUT2D eigenvalue weighted by atomic mass is 9.95. The van der Waals surface area contributed by atoms with Gasteiger partial charge >= 0.3 is 0 Å². The average molecular weight is 393 g/mol. The molecule has 2 fully saturated rings. The van der Waals surface area contributed by atoms with Gasteiger partial charge in [-0.25, -0.2) is 13.6 Å². The molecule has 1 saturated heterocycles. The number of hydrogen-bond donors (Lipinski definition) is 1. The van der Waals surface area contributed by atoms with Gasteiger partial charge in [-0.1, -0.05) is 5.16 Å². The molecule has 0 atom stereocenters. The van der Waals surface area contributed by atoms with Crippen LogP contribution in [0, 0.1) is 10.1 Å². The van der Waals surface area contributed by atoms with E-state index >= 15 is 0 Å². The van der Waals surface area contributed by atoms with Gasteiger partial charge in [-0.2, -0.15) is 4.98 Å². The standard InChI is InChI=1S/C16H19N5O5S/c17-27(24,25)14-9-12(21(22)23)3-4-13(14)20-7-5-10(6-8-20)15-18-16(26-19-15)11-1-2-11/h3-4,9-11H,1-2,5-8H2,(H2,17,24,25). The first kappa shape index (κ1) is 17.9. The molecular weight excluding hydrogens is 374 g/mol. The number of anilines is 1. The van der Waals surface area contributed by atoms with Crippen molar-refractivity contribution >= 4 is 21.4 Å². The Labute approximate surface area is 155 Å². The quantitative estimate of drug-likeness (QED) is 0.598. The normalized spacial score (nSPS) is 18.6. The lowest BCUT2D eigenvalue weighted by Crippen LogP contribution is -2.34. The van der Waals surface area contributed by atoms with E-state index in [2.05, 4.69) is 10.1 Å². The summed E-state index contributed by atoms with van der Waals surface area (Å²) in [5.74, 6) is 1.96. The summed E-state index contributed by atoms with van der Waals surface area (Å²) in [5, 5.41) is 20.3. The topological polar surface area (TPSA) is 145 Å². The summed E-state index contributed by atoms with van der Waals surface area (Å²) in [6.07, 6.45) is 3.64. The number of nitrogens with zero attached hydrogens (tertiary/aromatic N) is 4. The number of nitro benzene ring substituents is 1. The number of rotatable bonds is 5. The number of nitro groups is 1. The highest BCUT2D eigenvalue weighted by Gasteiger charge is 2.32. The number of piperidine rings is 1. The molecule has 1 aliphatic carbocycles. The highest BCUT2D eigenvalue weighted by Crippen LogP contribution is 2.40. The molecule has 2 aromatic rings. The zero-order chi connectivity index (χ0) is 19.2. The van der Waals surface area contributed by atoms with E-state index < -0.39 is 14.9 Å². The fraction of sp³-hybridized carbons (Fsp3) is 0.500. The number of hydrogen-bond acceptors (Lipinski definition) is 8. The van der Waals surface area contributed by atoms with Crippen molar-refractivity contribution in [2.24, 2.45) is 5.14 Å². The summed E-state index contributed by atoms with van der Waals surface area (Å²) in [6, 6.07) is 3.74. The van der Waals surface area contributed by atoms with Crippen molar-refractivity contribution in [3.8, 4) is 0 Å². The number of non-ortho nitro benzene ring substituents is 1. The van der Waals surface area contributed by atoms with Gasteiger partial charge in [0.2, 0.25) is 15.9 Å². The highest BCUT2D eigenvalue weighted by atomic mass is 32.2. The fourth-order valence-electron chi connectivity index (χ4n) is 3.39. The predicted octanol–water partition coefficient (Wildman–Crippen LogP) is 1.89. The van der Waals surface area contributed by atoms with Crippen LogP contribution >= 0.6 is 0 Å². The Morgan fingerprint density at radius 2 is 1.89 bits per heavy atom. The van der Waals surface area contributed by atoms with E-state index in [1.54, 1.807) is 0 Å². The monoisotopic (exact) mass is 393 g/mol. The van der Waals surface area contributed by atoms with Crippen molar-refractivity contribution < 1.29 is 17.9 Å². The molecule has 0 amide bonds. The van der Waals surface area contributed by atoms with Gasteiger partial charge in [0.05, 0.1) is 10.6 Å². The Morgan fingerprint density at radius 3 is 2.48 bits per heavy atom. The van der Waals surface area contributed by atoms with Crippen LogP contribution in [0.2, 0.25) is 0 Å². The highest BCUT2D eigenvalue weighted by molar-refractivity contribution is 7.89. The Balaban J connectivity index is 1.52. The van der Waals surface area contributed by atoms with Crippen molar-refractivity contribution in [1.82, 2.24) is 10.1 Å². The minimum Gasteiger partial charge on any atom is -0.370 e. The fourth-order valence-corrected chi connectivity index (χ4v) is 4.17. The molecule has 1 aromatic carbocycles. The molecule has 2 heterocycles. The molecule has 0 spiro atoms. The third-order valence-electron chi connectivity index (χ3n) is 5.05. The van der Waals surface area contributed by atoms with Crippen LogP contribution in [0.25, 0.3) is 0 Å². The largest absolute Gasteiger partial charge is 0.370 e. The second kappa shape index (κ2) is 6.57. The lowest BCUT2D eigenvalue weighted by molar-refractivity contribution is -0.385. The molecular formula is C16H19N5O5S. The average Bonchev–Trinajstić information content (AvgIpc) is 3.37. The van der Waals surface area contributed by atoms with E-state index in [-0.39, 0.29) is 16.5 Å². The first-order chi connectivity index (χ1) is 12.8. The third-order valence-corrected chi connectivity index (χ3v) is 5.99. The van der Waals surface area contributed by atoms with E-state index in [0.29, 0.717) is 36.4 Å². The molecule has 0 radical (unpaired) electrons. The van der Waals surface area contributed by atoms with Crippen LogP contribution < -0.4 is 10.0 Å². The Bertz CT molecular complexity index is 977. The number of sulfonamides is 1. The van der Waals surface area contributed by atoms with Gasteiger partial charge in [-0.05, 0) is 31.7 Å². The van der Waals surface area contributed by atoms with Gasteiger partial charge < -0.3 is 9.42 Å². The summed E-state index contributed by atoms with van der Waals surface area (Å²) >= 11 is 0. The van der Waals surface area contributed by atoms with Crippen LogP contribution in [0.1, 0.15) is 49.2 Å². The molecule has 2 N–H and O–H groups in total. The molecule has 4 rings (SSSR count). The SMILES string of the molecule is NS(=O)(=O)c1cc([N+](=O)[O-])ccc1N1CCC(c2noc(C3CC3)n2)CC1. The Morgan fingerprint density at radius 1 is 1.19 bits per heavy atom. The number of benzene rings is 1. The predicted molar refractivity (Wildman–Crippen MR) is 94.9 cm³/mol. The number of primary sulfonamides is 1. The molecule has 2 aliphatic rings. The van der Waals surface area contributed by atoms with Gasteiger partial charge in [0.1, 0.15) is 4.90 Å². The first-order valence-electron chi connectivity index (χ1n) is 8.72. The van der Waals surface area contributed by atoms with Crippen LogP contribution in [0.4, 0.5) is 11.4 Å². The Hall–Kier alpha value is -2.53. The van der Waals surface area contributed by atoms with Crippen molar-refractivity contribution in [1.29, 1.82) is 0 Å². The molecule has 1 saturated carbocycles. The molecule has 144 valence electrons. The van der Waals surface area contributed by atoms with Crippen LogP contribution in [0.5, 0.6) is 0 Å². The van der Waals surface area contributed by atoms with Gasteiger partial charge in [0, 0.05) is 37.1 Å². The molecule has 0 bridgehead atoms. The second-order valence-electron chi connectivity index (χ2n) is 6.98. The van der Waals surface area contributed by atoms with Gasteiger partial charge in [-0.15, -0.1) is 0 Å². The molecule has 10 nitrogen and oxygen atoms in total. The van der Waals surface area contributed by atoms with Crippen molar-refractivity contribution in [2.45, 2.75) is 42.4 Å². The van der Waals surface area contributed by atoms with Crippen molar-refractivity contribution in [3.05, 3.63) is 40.0 Å². The zero-order valence-electron chi connectivity index (χ0n) is 14.4. The third kappa shape index (κ3) is 3.65. The number of aromatic nitrogens is 2. The van der Waals surface area contributed by atoms with E-state index in [0.717, 1.165) is 31.7 Å². The van der Waals surface area contributed by atoms with Crippen LogP contribution in [0.3, 0.4) is 0 Å². The second-order valence-corrected chi connectivity index (χ2v) is 8.51. The summed E-state index contributed by atoms with van der Waals surface area (Å²) < 4.78 is 29.2. The minimum atomic E-state index is -4.09. The van der Waals surface area contributed by atoms with E-state index in [4.69, 9.17) is 9.66 Å². The molecule has 0 unspecified atom stereocenters. The molecule has 11 heteroatoms.